The van der Waals surface area contributed by atoms with E-state index in [2.05, 4.69) is 128 Å². The van der Waals surface area contributed by atoms with Gasteiger partial charge in [0.05, 0.1) is 16.6 Å². The molecule has 0 radical (unpaired) electrons. The van der Waals surface area contributed by atoms with Crippen molar-refractivity contribution in [3.05, 3.63) is 156 Å². The minimum Gasteiger partial charge on any atom is -0.293 e. The average Bonchev–Trinajstić information content (AvgIpc) is 3.33. The number of allylic oxidation sites excluding steroid dienone is 4. The third-order valence-corrected chi connectivity index (χ3v) is 9.02. The Morgan fingerprint density at radius 2 is 1.45 bits per heavy atom. The molecule has 0 spiro atoms. The topological polar surface area (TPSA) is 29.0 Å². The van der Waals surface area contributed by atoms with E-state index in [-0.39, 0.29) is 5.41 Å². The number of fused-ring (bicyclic) bond motifs is 3. The van der Waals surface area contributed by atoms with Crippen LogP contribution in [0.4, 0.5) is 17.2 Å². The summed E-state index contributed by atoms with van der Waals surface area (Å²) >= 11 is 0. The molecule has 0 amide bonds. The zero-order chi connectivity index (χ0) is 29.7. The molecule has 3 nitrogen and oxygen atoms in total. The van der Waals surface area contributed by atoms with Gasteiger partial charge < -0.3 is 0 Å². The Labute approximate surface area is 258 Å². The van der Waals surface area contributed by atoms with E-state index in [1.165, 1.54) is 33.4 Å². The first-order valence-electron chi connectivity index (χ1n) is 15.2. The van der Waals surface area contributed by atoms with Crippen LogP contribution in [0.1, 0.15) is 37.8 Å². The van der Waals surface area contributed by atoms with E-state index in [1.807, 2.05) is 30.3 Å². The number of hydrogen-bond donors (Lipinski definition) is 0. The van der Waals surface area contributed by atoms with Gasteiger partial charge in [0.2, 0.25) is 0 Å². The molecule has 5 aromatic carbocycles. The van der Waals surface area contributed by atoms with Crippen LogP contribution in [-0.2, 0) is 5.41 Å². The maximum absolute atomic E-state index is 5.30. The molecule has 3 heteroatoms. The van der Waals surface area contributed by atoms with Gasteiger partial charge in [0.1, 0.15) is 0 Å². The van der Waals surface area contributed by atoms with Crippen LogP contribution in [0.3, 0.4) is 0 Å². The summed E-state index contributed by atoms with van der Waals surface area (Å²) in [7, 11) is 0. The quantitative estimate of drug-likeness (QED) is 0.208. The van der Waals surface area contributed by atoms with Gasteiger partial charge in [0.25, 0.3) is 0 Å². The molecule has 2 aliphatic carbocycles. The number of hydrogen-bond acceptors (Lipinski definition) is 3. The molecule has 0 N–H and O–H groups in total. The molecule has 44 heavy (non-hydrogen) atoms. The van der Waals surface area contributed by atoms with Crippen molar-refractivity contribution in [3.63, 3.8) is 0 Å². The fourth-order valence-electron chi connectivity index (χ4n) is 6.85. The molecule has 0 atom stereocenters. The Kier molecular flexibility index (Phi) is 6.17. The van der Waals surface area contributed by atoms with Gasteiger partial charge in [-0.3, -0.25) is 4.90 Å². The molecule has 6 aromatic rings. The summed E-state index contributed by atoms with van der Waals surface area (Å²) in [4.78, 5) is 12.6. The third-order valence-electron chi connectivity index (χ3n) is 9.02. The van der Waals surface area contributed by atoms with E-state index in [1.54, 1.807) is 0 Å². The summed E-state index contributed by atoms with van der Waals surface area (Å²) < 4.78 is 0. The summed E-state index contributed by atoms with van der Waals surface area (Å²) in [6, 6.07) is 46.8. The zero-order valence-electron chi connectivity index (χ0n) is 24.9. The molecule has 0 aliphatic heterocycles. The number of benzene rings is 4. The second kappa shape index (κ2) is 10.4. The SMILES string of the molecule is CC1(C)C2=C(CCC=C2)c2c(N(c3ccc(-c4ccccc4)cc3)c3nc(-c4ccccc4)nc4ccc#cc34)cccc21. The Balaban J connectivity index is 1.41. The first kappa shape index (κ1) is 26.2. The Bertz CT molecular complexity index is 2070. The summed E-state index contributed by atoms with van der Waals surface area (Å²) in [6.45, 7) is 4.70. The van der Waals surface area contributed by atoms with Crippen LogP contribution in [0.25, 0.3) is 39.0 Å². The second-order valence-corrected chi connectivity index (χ2v) is 12.0. The van der Waals surface area contributed by atoms with Crippen LogP contribution in [0.5, 0.6) is 0 Å². The zero-order valence-corrected chi connectivity index (χ0v) is 24.9. The fourth-order valence-corrected chi connectivity index (χ4v) is 6.85. The summed E-state index contributed by atoms with van der Waals surface area (Å²) in [5.41, 5.74) is 11.8. The third kappa shape index (κ3) is 4.22. The molecule has 2 aliphatic rings. The highest BCUT2D eigenvalue weighted by Gasteiger charge is 2.39. The fraction of sp³-hybridized carbons (Fsp3) is 0.122. The molecule has 210 valence electrons. The Morgan fingerprint density at radius 3 is 2.23 bits per heavy atom. The van der Waals surface area contributed by atoms with Gasteiger partial charge in [-0.05, 0) is 71.0 Å². The van der Waals surface area contributed by atoms with Crippen LogP contribution < -0.4 is 4.90 Å². The normalized spacial score (nSPS) is 14.7. The summed E-state index contributed by atoms with van der Waals surface area (Å²) in [5.74, 6) is 1.48. The lowest BCUT2D eigenvalue weighted by Crippen LogP contribution is -2.18. The van der Waals surface area contributed by atoms with E-state index in [4.69, 9.17) is 9.97 Å². The standard InChI is InChI=1S/C41H31N3/c1-41(2)34-20-11-9-18-32(34)38-35(41)21-13-23-37(38)44(31-26-24-29(25-27-31)28-14-5-3-6-15-28)40-33-19-10-12-22-36(33)42-39(43-40)30-16-7-4-8-17-30/h3-8,11-17,20-27H,9,18H2,1-2H3. The van der Waals surface area contributed by atoms with Crippen LogP contribution >= 0.6 is 0 Å². The minimum atomic E-state index is -0.0801. The van der Waals surface area contributed by atoms with E-state index in [0.29, 0.717) is 5.82 Å². The van der Waals surface area contributed by atoms with Crippen molar-refractivity contribution in [3.8, 4) is 22.5 Å². The second-order valence-electron chi connectivity index (χ2n) is 12.0. The van der Waals surface area contributed by atoms with Crippen molar-refractivity contribution in [1.29, 1.82) is 0 Å². The lowest BCUT2D eigenvalue weighted by Gasteiger charge is -2.29. The first-order valence-corrected chi connectivity index (χ1v) is 15.2. The predicted octanol–water partition coefficient (Wildman–Crippen LogP) is 10.4. The number of nitrogens with zero attached hydrogens (tertiary/aromatic N) is 3. The maximum atomic E-state index is 5.30. The van der Waals surface area contributed by atoms with Gasteiger partial charge in [-0.25, -0.2) is 9.97 Å². The van der Waals surface area contributed by atoms with Crippen LogP contribution in [-0.4, -0.2) is 9.97 Å². The highest BCUT2D eigenvalue weighted by Crippen LogP contribution is 2.54. The van der Waals surface area contributed by atoms with Gasteiger partial charge >= 0.3 is 0 Å². The first-order chi connectivity index (χ1) is 21.6. The largest absolute Gasteiger partial charge is 0.293 e. The average molecular weight is 566 g/mol. The van der Waals surface area contributed by atoms with Crippen molar-refractivity contribution >= 4 is 33.7 Å². The molecule has 0 saturated carbocycles. The molecule has 1 aromatic heterocycles. The van der Waals surface area contributed by atoms with Crippen LogP contribution in [0.2, 0.25) is 0 Å². The van der Waals surface area contributed by atoms with Crippen LogP contribution in [0, 0.1) is 12.1 Å². The van der Waals surface area contributed by atoms with Gasteiger partial charge in [-0.2, -0.15) is 0 Å². The molecule has 0 fully saturated rings. The van der Waals surface area contributed by atoms with Gasteiger partial charge in [-0.1, -0.05) is 123 Å². The van der Waals surface area contributed by atoms with E-state index < -0.39 is 0 Å². The van der Waals surface area contributed by atoms with Crippen molar-refractivity contribution in [2.45, 2.75) is 32.1 Å². The minimum absolute atomic E-state index is 0.0801. The maximum Gasteiger partial charge on any atom is 0.162 e. The van der Waals surface area contributed by atoms with Gasteiger partial charge in [-0.15, -0.1) is 0 Å². The monoisotopic (exact) mass is 565 g/mol. The highest BCUT2D eigenvalue weighted by molar-refractivity contribution is 5.99. The molecule has 1 heterocycles. The Morgan fingerprint density at radius 1 is 0.727 bits per heavy atom. The Hall–Kier alpha value is -5.46. The van der Waals surface area contributed by atoms with E-state index >= 15 is 0 Å². The molecular weight excluding hydrogens is 534 g/mol. The molecule has 0 unspecified atom stereocenters. The number of rotatable bonds is 5. The smallest absolute Gasteiger partial charge is 0.162 e. The predicted molar refractivity (Wildman–Crippen MR) is 181 cm³/mol. The molecular formula is C41H31N3. The summed E-state index contributed by atoms with van der Waals surface area (Å²) in [6.07, 6.45) is 6.74. The molecule has 0 saturated heterocycles. The lowest BCUT2D eigenvalue weighted by atomic mass is 9.80. The van der Waals surface area contributed by atoms with Crippen LogP contribution in [0.15, 0.2) is 133 Å². The highest BCUT2D eigenvalue weighted by atomic mass is 15.2. The molecule has 0 bridgehead atoms. The van der Waals surface area contributed by atoms with Gasteiger partial charge in [0, 0.05) is 22.2 Å². The number of aromatic nitrogens is 2. The van der Waals surface area contributed by atoms with E-state index in [9.17, 15) is 0 Å². The van der Waals surface area contributed by atoms with Gasteiger partial charge in [0.15, 0.2) is 11.6 Å². The lowest BCUT2D eigenvalue weighted by molar-refractivity contribution is 0.651. The van der Waals surface area contributed by atoms with Crippen molar-refractivity contribution in [2.24, 2.45) is 0 Å². The molecule has 8 rings (SSSR count). The van der Waals surface area contributed by atoms with E-state index in [0.717, 1.165) is 46.5 Å². The van der Waals surface area contributed by atoms with Crippen molar-refractivity contribution < 1.29 is 0 Å². The number of anilines is 3. The van der Waals surface area contributed by atoms with Crippen molar-refractivity contribution in [1.82, 2.24) is 9.97 Å². The summed E-state index contributed by atoms with van der Waals surface area (Å²) in [5, 5.41) is 0.840. The van der Waals surface area contributed by atoms with Crippen molar-refractivity contribution in [2.75, 3.05) is 4.90 Å².